The van der Waals surface area contributed by atoms with Gasteiger partial charge >= 0.3 is 0 Å². The zero-order valence-electron chi connectivity index (χ0n) is 14.4. The van der Waals surface area contributed by atoms with E-state index in [9.17, 15) is 14.0 Å². The maximum absolute atomic E-state index is 13.6. The summed E-state index contributed by atoms with van der Waals surface area (Å²) in [5.74, 6) is -1.44. The van der Waals surface area contributed by atoms with Crippen LogP contribution in [0.2, 0.25) is 0 Å². The Balaban J connectivity index is 1.70. The number of hydrogen-bond donors (Lipinski definition) is 2. The van der Waals surface area contributed by atoms with Crippen LogP contribution < -0.4 is 10.7 Å². The average Bonchev–Trinajstić information content (AvgIpc) is 3.21. The first-order valence-electron chi connectivity index (χ1n) is 8.09. The van der Waals surface area contributed by atoms with Gasteiger partial charge in [-0.1, -0.05) is 24.3 Å². The minimum Gasteiger partial charge on any atom is -0.459 e. The van der Waals surface area contributed by atoms with E-state index < -0.39 is 11.7 Å². The Morgan fingerprint density at radius 2 is 1.81 bits per heavy atom. The number of benzene rings is 2. The Morgan fingerprint density at radius 1 is 1.00 bits per heavy atom. The molecule has 0 radical (unpaired) electrons. The van der Waals surface area contributed by atoms with Gasteiger partial charge in [0.2, 0.25) is 0 Å². The standard InChI is InChI=1S/C20H16FN3O3/c1-13(23-24-19(25)16-8-2-3-9-17(16)21)14-6-4-7-15(12-14)22-20(26)18-10-5-11-27-18/h2-12H,1H3,(H,22,26)(H,24,25)/b23-13+. The monoisotopic (exact) mass is 365 g/mol. The SMILES string of the molecule is C/C(=N\NC(=O)c1ccccc1F)c1cccc(NC(=O)c2ccco2)c1. The summed E-state index contributed by atoms with van der Waals surface area (Å²) in [5, 5.41) is 6.71. The van der Waals surface area contributed by atoms with E-state index in [4.69, 9.17) is 4.42 Å². The lowest BCUT2D eigenvalue weighted by molar-refractivity contribution is 0.0949. The largest absolute Gasteiger partial charge is 0.459 e. The highest BCUT2D eigenvalue weighted by molar-refractivity contribution is 6.04. The molecule has 0 saturated carbocycles. The first kappa shape index (κ1) is 18.1. The van der Waals surface area contributed by atoms with Crippen LogP contribution in [-0.2, 0) is 0 Å². The summed E-state index contributed by atoms with van der Waals surface area (Å²) in [4.78, 5) is 24.1. The molecule has 0 unspecified atom stereocenters. The lowest BCUT2D eigenvalue weighted by atomic mass is 10.1. The molecule has 136 valence electrons. The number of amides is 2. The molecule has 0 aliphatic heterocycles. The predicted molar refractivity (Wildman–Crippen MR) is 99.2 cm³/mol. The Labute approximate surface area is 154 Å². The predicted octanol–water partition coefficient (Wildman–Crippen LogP) is 3.83. The number of carbonyl (C=O) groups is 2. The van der Waals surface area contributed by atoms with E-state index in [2.05, 4.69) is 15.8 Å². The summed E-state index contributed by atoms with van der Waals surface area (Å²) >= 11 is 0. The smallest absolute Gasteiger partial charge is 0.291 e. The second-order valence-electron chi connectivity index (χ2n) is 5.63. The number of nitrogens with one attached hydrogen (secondary N) is 2. The van der Waals surface area contributed by atoms with Crippen LogP contribution in [0.5, 0.6) is 0 Å². The lowest BCUT2D eigenvalue weighted by Gasteiger charge is -2.07. The number of hydrazone groups is 1. The Hall–Kier alpha value is -3.74. The van der Waals surface area contributed by atoms with E-state index in [1.54, 1.807) is 49.4 Å². The lowest BCUT2D eigenvalue weighted by Crippen LogP contribution is -2.20. The normalized spacial score (nSPS) is 11.1. The molecule has 2 N–H and O–H groups in total. The number of anilines is 1. The Kier molecular flexibility index (Phi) is 5.41. The quantitative estimate of drug-likeness (QED) is 0.532. The fraction of sp³-hybridized carbons (Fsp3) is 0.0500. The van der Waals surface area contributed by atoms with Gasteiger partial charge in [-0.15, -0.1) is 0 Å². The molecular weight excluding hydrogens is 349 g/mol. The summed E-state index contributed by atoms with van der Waals surface area (Å²) in [6.07, 6.45) is 1.42. The molecule has 3 aromatic rings. The van der Waals surface area contributed by atoms with Crippen LogP contribution >= 0.6 is 0 Å². The second-order valence-corrected chi connectivity index (χ2v) is 5.63. The average molecular weight is 365 g/mol. The van der Waals surface area contributed by atoms with Crippen LogP contribution in [0.3, 0.4) is 0 Å². The minimum atomic E-state index is -0.644. The van der Waals surface area contributed by atoms with Gasteiger partial charge in [0.25, 0.3) is 11.8 Å². The van der Waals surface area contributed by atoms with E-state index in [1.165, 1.54) is 24.5 Å². The molecule has 1 aromatic heterocycles. The molecule has 6 nitrogen and oxygen atoms in total. The van der Waals surface area contributed by atoms with Crippen molar-refractivity contribution in [3.05, 3.63) is 89.6 Å². The molecule has 0 fully saturated rings. The molecule has 0 atom stereocenters. The van der Waals surface area contributed by atoms with Crippen LogP contribution in [0.15, 0.2) is 76.4 Å². The maximum Gasteiger partial charge on any atom is 0.291 e. The summed E-state index contributed by atoms with van der Waals surface area (Å²) in [6, 6.07) is 15.8. The fourth-order valence-corrected chi connectivity index (χ4v) is 2.33. The molecule has 2 aromatic carbocycles. The Morgan fingerprint density at radius 3 is 2.56 bits per heavy atom. The van der Waals surface area contributed by atoms with Gasteiger partial charge in [0.15, 0.2) is 5.76 Å². The molecule has 0 saturated heterocycles. The van der Waals surface area contributed by atoms with Gasteiger partial charge in [-0.2, -0.15) is 5.10 Å². The van der Waals surface area contributed by atoms with Gasteiger partial charge in [-0.05, 0) is 48.9 Å². The fourth-order valence-electron chi connectivity index (χ4n) is 2.33. The molecule has 1 heterocycles. The van der Waals surface area contributed by atoms with Crippen LogP contribution in [0.25, 0.3) is 0 Å². The molecule has 0 bridgehead atoms. The van der Waals surface area contributed by atoms with Crippen LogP contribution in [-0.4, -0.2) is 17.5 Å². The Bertz CT molecular complexity index is 997. The highest BCUT2D eigenvalue weighted by Gasteiger charge is 2.11. The highest BCUT2D eigenvalue weighted by atomic mass is 19.1. The summed E-state index contributed by atoms with van der Waals surface area (Å²) in [5.41, 5.74) is 3.96. The molecule has 0 aliphatic rings. The van der Waals surface area contributed by atoms with Crippen molar-refractivity contribution in [1.82, 2.24) is 5.43 Å². The summed E-state index contributed by atoms with van der Waals surface area (Å²) in [7, 11) is 0. The van der Waals surface area contributed by atoms with Gasteiger partial charge in [0.05, 0.1) is 17.5 Å². The van der Waals surface area contributed by atoms with Gasteiger partial charge in [0.1, 0.15) is 5.82 Å². The van der Waals surface area contributed by atoms with Crippen molar-refractivity contribution < 1.29 is 18.4 Å². The molecule has 0 spiro atoms. The zero-order chi connectivity index (χ0) is 19.2. The molecular formula is C20H16FN3O3. The number of rotatable bonds is 5. The molecule has 7 heteroatoms. The van der Waals surface area contributed by atoms with E-state index in [-0.39, 0.29) is 17.2 Å². The summed E-state index contributed by atoms with van der Waals surface area (Å²) in [6.45, 7) is 1.69. The van der Waals surface area contributed by atoms with E-state index >= 15 is 0 Å². The first-order chi connectivity index (χ1) is 13.0. The van der Waals surface area contributed by atoms with Gasteiger partial charge in [-0.3, -0.25) is 9.59 Å². The molecule has 2 amide bonds. The topological polar surface area (TPSA) is 83.7 Å². The summed E-state index contributed by atoms with van der Waals surface area (Å²) < 4.78 is 18.7. The number of carbonyl (C=O) groups excluding carboxylic acids is 2. The highest BCUT2D eigenvalue weighted by Crippen LogP contribution is 2.14. The van der Waals surface area contributed by atoms with E-state index in [0.717, 1.165) is 0 Å². The van der Waals surface area contributed by atoms with Gasteiger partial charge in [-0.25, -0.2) is 9.82 Å². The minimum absolute atomic E-state index is 0.0893. The van der Waals surface area contributed by atoms with Gasteiger partial charge in [0, 0.05) is 5.69 Å². The van der Waals surface area contributed by atoms with Crippen molar-refractivity contribution in [1.29, 1.82) is 0 Å². The first-order valence-corrected chi connectivity index (χ1v) is 8.09. The van der Waals surface area contributed by atoms with Crippen LogP contribution in [0.4, 0.5) is 10.1 Å². The third kappa shape index (κ3) is 4.46. The third-order valence-electron chi connectivity index (χ3n) is 3.73. The van der Waals surface area contributed by atoms with Crippen molar-refractivity contribution >= 4 is 23.2 Å². The molecule has 27 heavy (non-hydrogen) atoms. The van der Waals surface area contributed by atoms with Crippen LogP contribution in [0.1, 0.15) is 33.4 Å². The van der Waals surface area contributed by atoms with Crippen molar-refractivity contribution in [3.8, 4) is 0 Å². The van der Waals surface area contributed by atoms with E-state index in [0.29, 0.717) is 17.0 Å². The number of furan rings is 1. The second kappa shape index (κ2) is 8.09. The number of hydrogen-bond acceptors (Lipinski definition) is 4. The third-order valence-corrected chi connectivity index (χ3v) is 3.73. The number of nitrogens with zero attached hydrogens (tertiary/aromatic N) is 1. The number of halogens is 1. The van der Waals surface area contributed by atoms with Crippen molar-refractivity contribution in [2.24, 2.45) is 5.10 Å². The van der Waals surface area contributed by atoms with Crippen LogP contribution in [0, 0.1) is 5.82 Å². The van der Waals surface area contributed by atoms with Crippen molar-refractivity contribution in [2.75, 3.05) is 5.32 Å². The van der Waals surface area contributed by atoms with Crippen molar-refractivity contribution in [2.45, 2.75) is 6.92 Å². The van der Waals surface area contributed by atoms with E-state index in [1.807, 2.05) is 0 Å². The molecule has 0 aliphatic carbocycles. The van der Waals surface area contributed by atoms with Crippen molar-refractivity contribution in [3.63, 3.8) is 0 Å². The zero-order valence-corrected chi connectivity index (χ0v) is 14.4. The molecule has 3 rings (SSSR count). The van der Waals surface area contributed by atoms with Gasteiger partial charge < -0.3 is 9.73 Å². The maximum atomic E-state index is 13.6.